The monoisotopic (exact) mass is 305 g/mol. The van der Waals surface area contributed by atoms with Crippen molar-refractivity contribution in [2.45, 2.75) is 50.6 Å². The van der Waals surface area contributed by atoms with Crippen LogP contribution < -0.4 is 5.32 Å². The maximum Gasteiger partial charge on any atom is 0.169 e. The van der Waals surface area contributed by atoms with Gasteiger partial charge in [-0.1, -0.05) is 18.1 Å². The van der Waals surface area contributed by atoms with Crippen molar-refractivity contribution in [1.29, 1.82) is 0 Å². The molecule has 3 saturated heterocycles. The van der Waals surface area contributed by atoms with Gasteiger partial charge in [0.2, 0.25) is 0 Å². The number of rotatable bonds is 0. The molecule has 0 aromatic rings. The zero-order valence-corrected chi connectivity index (χ0v) is 13.9. The number of piperidine rings is 3. The molecule has 1 aliphatic carbocycles. The lowest BCUT2D eigenvalue weighted by Crippen LogP contribution is -2.60. The van der Waals surface area contributed by atoms with E-state index in [0.29, 0.717) is 6.04 Å². The first-order chi connectivity index (χ1) is 10.3. The fourth-order valence-electron chi connectivity index (χ4n) is 5.34. The number of fused-ring (bicyclic) bond motifs is 6. The van der Waals surface area contributed by atoms with E-state index in [2.05, 4.69) is 21.2 Å². The van der Waals surface area contributed by atoms with Crippen LogP contribution in [0.25, 0.3) is 0 Å². The fraction of sp³-hybridized carbons (Fsp3) is 0.824. The first kappa shape index (κ1) is 14.0. The summed E-state index contributed by atoms with van der Waals surface area (Å²) in [6.45, 7) is 3.75. The second-order valence-corrected chi connectivity index (χ2v) is 7.64. The molecule has 3 aliphatic heterocycles. The Balaban J connectivity index is 1.64. The molecule has 1 N–H and O–H groups in total. The van der Waals surface area contributed by atoms with Gasteiger partial charge in [-0.05, 0) is 62.7 Å². The van der Waals surface area contributed by atoms with Crippen LogP contribution in [0.15, 0.2) is 11.6 Å². The number of nitrogens with zero attached hydrogens (tertiary/aromatic N) is 2. The number of likely N-dealkylation sites (tertiary alicyclic amines) is 1. The third kappa shape index (κ3) is 2.31. The number of hydrogen-bond donors (Lipinski definition) is 1. The molecule has 0 radical (unpaired) electrons. The van der Waals surface area contributed by atoms with Crippen molar-refractivity contribution in [3.63, 3.8) is 0 Å². The predicted molar refractivity (Wildman–Crippen MR) is 90.3 cm³/mol. The van der Waals surface area contributed by atoms with Crippen molar-refractivity contribution < 1.29 is 0 Å². The van der Waals surface area contributed by atoms with Gasteiger partial charge in [-0.15, -0.1) is 0 Å². The highest BCUT2D eigenvalue weighted by molar-refractivity contribution is 7.80. The highest BCUT2D eigenvalue weighted by Gasteiger charge is 2.46. The van der Waals surface area contributed by atoms with E-state index < -0.39 is 0 Å². The summed E-state index contributed by atoms with van der Waals surface area (Å²) in [5, 5.41) is 4.16. The van der Waals surface area contributed by atoms with E-state index in [1.165, 1.54) is 51.6 Å². The molecular formula is C17H27N3S. The second kappa shape index (κ2) is 5.54. The largest absolute Gasteiger partial charge is 0.366 e. The van der Waals surface area contributed by atoms with E-state index in [0.717, 1.165) is 29.5 Å². The van der Waals surface area contributed by atoms with Crippen LogP contribution in [0.3, 0.4) is 0 Å². The van der Waals surface area contributed by atoms with Crippen molar-refractivity contribution in [1.82, 2.24) is 15.1 Å². The van der Waals surface area contributed by atoms with Crippen molar-refractivity contribution in [3.8, 4) is 0 Å². The molecule has 21 heavy (non-hydrogen) atoms. The van der Waals surface area contributed by atoms with Gasteiger partial charge in [-0.2, -0.15) is 0 Å². The number of thiocarbonyl (C=S) groups is 1. The predicted octanol–water partition coefficient (Wildman–Crippen LogP) is 2.39. The lowest BCUT2D eigenvalue weighted by Gasteiger charge is -2.55. The van der Waals surface area contributed by atoms with Gasteiger partial charge in [0, 0.05) is 26.2 Å². The summed E-state index contributed by atoms with van der Waals surface area (Å²) in [7, 11) is 1.97. The van der Waals surface area contributed by atoms with Gasteiger partial charge in [-0.3, -0.25) is 4.90 Å². The van der Waals surface area contributed by atoms with Crippen molar-refractivity contribution in [3.05, 3.63) is 11.6 Å². The molecule has 4 heteroatoms. The second-order valence-electron chi connectivity index (χ2n) is 7.26. The van der Waals surface area contributed by atoms with Gasteiger partial charge in [0.1, 0.15) is 0 Å². The Kier molecular flexibility index (Phi) is 3.70. The van der Waals surface area contributed by atoms with E-state index in [9.17, 15) is 0 Å². The quantitative estimate of drug-likeness (QED) is 0.547. The lowest BCUT2D eigenvalue weighted by atomic mass is 9.68. The first-order valence-electron chi connectivity index (χ1n) is 8.71. The minimum atomic E-state index is 0.581. The molecule has 0 amide bonds. The van der Waals surface area contributed by atoms with Crippen LogP contribution in [0.1, 0.15) is 38.5 Å². The molecule has 0 spiro atoms. The van der Waals surface area contributed by atoms with Gasteiger partial charge in [0.05, 0.1) is 6.04 Å². The normalized spacial score (nSPS) is 39.1. The molecule has 116 valence electrons. The van der Waals surface area contributed by atoms with Crippen LogP contribution >= 0.6 is 12.2 Å². The zero-order chi connectivity index (χ0) is 14.4. The number of nitrogens with one attached hydrogen (secondary N) is 1. The molecule has 0 unspecified atom stereocenters. The minimum absolute atomic E-state index is 0.581. The smallest absolute Gasteiger partial charge is 0.169 e. The zero-order valence-electron chi connectivity index (χ0n) is 13.1. The highest BCUT2D eigenvalue weighted by Crippen LogP contribution is 2.44. The third-order valence-corrected chi connectivity index (χ3v) is 6.57. The summed E-state index contributed by atoms with van der Waals surface area (Å²) in [4.78, 5) is 5.28. The molecule has 2 bridgehead atoms. The molecular weight excluding hydrogens is 278 g/mol. The molecule has 4 atom stereocenters. The van der Waals surface area contributed by atoms with Gasteiger partial charge in [-0.25, -0.2) is 0 Å². The maximum absolute atomic E-state index is 5.58. The van der Waals surface area contributed by atoms with Crippen molar-refractivity contribution in [2.24, 2.45) is 11.8 Å². The van der Waals surface area contributed by atoms with Gasteiger partial charge in [0.25, 0.3) is 0 Å². The summed E-state index contributed by atoms with van der Waals surface area (Å²) in [6.07, 6.45) is 10.9. The van der Waals surface area contributed by atoms with Crippen LogP contribution in [0.4, 0.5) is 0 Å². The van der Waals surface area contributed by atoms with Gasteiger partial charge in [0.15, 0.2) is 5.11 Å². The van der Waals surface area contributed by atoms with E-state index in [-0.39, 0.29) is 0 Å². The molecule has 0 aromatic carbocycles. The van der Waals surface area contributed by atoms with E-state index in [1.54, 1.807) is 5.57 Å². The molecule has 0 aromatic heterocycles. The average Bonchev–Trinajstić information content (AvgIpc) is 2.53. The summed E-state index contributed by atoms with van der Waals surface area (Å²) in [5.74, 6) is 1.61. The Bertz CT molecular complexity index is 461. The van der Waals surface area contributed by atoms with Gasteiger partial charge >= 0.3 is 0 Å². The number of hydrogen-bond acceptors (Lipinski definition) is 2. The molecule has 4 rings (SSSR count). The van der Waals surface area contributed by atoms with Crippen LogP contribution in [0, 0.1) is 11.8 Å². The molecule has 3 heterocycles. The first-order valence-corrected chi connectivity index (χ1v) is 9.11. The van der Waals surface area contributed by atoms with E-state index >= 15 is 0 Å². The summed E-state index contributed by atoms with van der Waals surface area (Å²) < 4.78 is 0. The molecule has 4 aliphatic rings. The summed E-state index contributed by atoms with van der Waals surface area (Å²) in [5.41, 5.74) is 1.70. The lowest BCUT2D eigenvalue weighted by molar-refractivity contribution is 0.0128. The Hall–Kier alpha value is -0.610. The fourth-order valence-corrected chi connectivity index (χ4v) is 5.55. The standard InChI is InChI=1S/C17H27N3S/c1-18-17(21)20-8-4-5-12-9-13-10-14(16(12)20)11-19-7-3-2-6-15(13)19/h9,13-16H,2-8,10-11H2,1H3,(H,18,21)/t13-,14+,15+,16+/m0/s1. The highest BCUT2D eigenvalue weighted by atomic mass is 32.1. The Morgan fingerprint density at radius 1 is 1.29 bits per heavy atom. The Labute approximate surface area is 133 Å². The van der Waals surface area contributed by atoms with Crippen LogP contribution in [0.2, 0.25) is 0 Å². The van der Waals surface area contributed by atoms with Gasteiger partial charge < -0.3 is 10.2 Å². The third-order valence-electron chi connectivity index (χ3n) is 6.13. The minimum Gasteiger partial charge on any atom is -0.366 e. The topological polar surface area (TPSA) is 18.5 Å². The van der Waals surface area contributed by atoms with Crippen LogP contribution in [-0.4, -0.2) is 53.7 Å². The Morgan fingerprint density at radius 3 is 3.05 bits per heavy atom. The average molecular weight is 305 g/mol. The van der Waals surface area contributed by atoms with E-state index in [4.69, 9.17) is 12.2 Å². The summed E-state index contributed by atoms with van der Waals surface area (Å²) >= 11 is 5.58. The molecule has 3 fully saturated rings. The Morgan fingerprint density at radius 2 is 2.19 bits per heavy atom. The van der Waals surface area contributed by atoms with Crippen molar-refractivity contribution in [2.75, 3.05) is 26.7 Å². The van der Waals surface area contributed by atoms with Crippen LogP contribution in [-0.2, 0) is 0 Å². The molecule has 3 nitrogen and oxygen atoms in total. The van der Waals surface area contributed by atoms with Crippen molar-refractivity contribution >= 4 is 17.3 Å². The summed E-state index contributed by atoms with van der Waals surface area (Å²) in [6, 6.07) is 1.42. The SMILES string of the molecule is CNC(=S)N1CCCC2=C[C@H]3C[C@H](CN4CCCC[C@H]34)[C@@H]21. The maximum atomic E-state index is 5.58. The van der Waals surface area contributed by atoms with E-state index in [1.807, 2.05) is 7.05 Å². The molecule has 0 saturated carbocycles. The van der Waals surface area contributed by atoms with Crippen LogP contribution in [0.5, 0.6) is 0 Å².